The van der Waals surface area contributed by atoms with Crippen molar-refractivity contribution in [2.45, 2.75) is 43.6 Å². The molecule has 6 heteroatoms. The average Bonchev–Trinajstić information content (AvgIpc) is 3.03. The number of rotatable bonds is 5. The Morgan fingerprint density at radius 1 is 1.07 bits per heavy atom. The Labute approximate surface area is 159 Å². The largest absolute Gasteiger partial charge is 0.390 e. The fraction of sp³-hybridized carbons (Fsp3) is 0.429. The fourth-order valence-electron chi connectivity index (χ4n) is 3.84. The lowest BCUT2D eigenvalue weighted by Crippen LogP contribution is -2.29. The van der Waals surface area contributed by atoms with Crippen LogP contribution in [-0.2, 0) is 9.84 Å². The van der Waals surface area contributed by atoms with Gasteiger partial charge in [0.25, 0.3) is 0 Å². The van der Waals surface area contributed by atoms with Gasteiger partial charge in [-0.15, -0.1) is 0 Å². The second-order valence-electron chi connectivity index (χ2n) is 7.96. The van der Waals surface area contributed by atoms with Crippen LogP contribution >= 0.6 is 0 Å². The van der Waals surface area contributed by atoms with Gasteiger partial charge in [-0.25, -0.2) is 17.2 Å². The van der Waals surface area contributed by atoms with Gasteiger partial charge in [-0.1, -0.05) is 12.1 Å². The normalized spacial score (nSPS) is 20.8. The molecule has 0 unspecified atom stereocenters. The van der Waals surface area contributed by atoms with Crippen molar-refractivity contribution in [3.8, 4) is 11.1 Å². The molecular formula is C21H24F2O3S. The van der Waals surface area contributed by atoms with Crippen LogP contribution in [0.5, 0.6) is 0 Å². The summed E-state index contributed by atoms with van der Waals surface area (Å²) in [6, 6.07) is 9.32. The minimum Gasteiger partial charge on any atom is -0.390 e. The lowest BCUT2D eigenvalue weighted by atomic mass is 9.89. The molecule has 1 fully saturated rings. The van der Waals surface area contributed by atoms with Gasteiger partial charge in [0.05, 0.1) is 16.2 Å². The first-order valence-electron chi connectivity index (χ1n) is 9.07. The van der Waals surface area contributed by atoms with Gasteiger partial charge in [0, 0.05) is 11.6 Å². The summed E-state index contributed by atoms with van der Waals surface area (Å²) < 4.78 is 52.4. The van der Waals surface area contributed by atoms with Crippen LogP contribution in [0.1, 0.15) is 33.1 Å². The molecule has 0 bridgehead atoms. The van der Waals surface area contributed by atoms with Gasteiger partial charge < -0.3 is 5.11 Å². The molecule has 1 aliphatic rings. The fourth-order valence-corrected chi connectivity index (χ4v) is 5.51. The van der Waals surface area contributed by atoms with Gasteiger partial charge in [0.15, 0.2) is 9.84 Å². The first-order valence-corrected chi connectivity index (χ1v) is 10.7. The Balaban J connectivity index is 1.74. The van der Waals surface area contributed by atoms with Crippen LogP contribution in [0.2, 0.25) is 0 Å². The smallest absolute Gasteiger partial charge is 0.178 e. The van der Waals surface area contributed by atoms with Gasteiger partial charge in [0.2, 0.25) is 0 Å². The van der Waals surface area contributed by atoms with Crippen LogP contribution in [0.25, 0.3) is 11.1 Å². The predicted molar refractivity (Wildman–Crippen MR) is 101 cm³/mol. The molecule has 2 aromatic carbocycles. The maximum Gasteiger partial charge on any atom is 0.178 e. The van der Waals surface area contributed by atoms with E-state index in [2.05, 4.69) is 0 Å². The Hall–Kier alpha value is -1.79. The Bertz CT molecular complexity index is 915. The van der Waals surface area contributed by atoms with Gasteiger partial charge in [-0.05, 0) is 74.8 Å². The lowest BCUT2D eigenvalue weighted by Gasteiger charge is -2.25. The van der Waals surface area contributed by atoms with E-state index in [0.29, 0.717) is 12.0 Å². The molecule has 146 valence electrons. The zero-order chi connectivity index (χ0) is 19.8. The molecule has 0 aliphatic heterocycles. The Morgan fingerprint density at radius 3 is 2.30 bits per heavy atom. The van der Waals surface area contributed by atoms with Crippen molar-refractivity contribution in [2.75, 3.05) is 5.75 Å². The number of hydrogen-bond donors (Lipinski definition) is 1. The molecule has 1 saturated carbocycles. The summed E-state index contributed by atoms with van der Waals surface area (Å²) >= 11 is 0. The number of sulfone groups is 1. The summed E-state index contributed by atoms with van der Waals surface area (Å²) in [5, 5.41) is 10.1. The van der Waals surface area contributed by atoms with E-state index in [1.807, 2.05) is 0 Å². The molecule has 1 N–H and O–H groups in total. The van der Waals surface area contributed by atoms with E-state index in [4.69, 9.17) is 0 Å². The molecule has 0 heterocycles. The van der Waals surface area contributed by atoms with Crippen LogP contribution < -0.4 is 0 Å². The molecule has 1 aliphatic carbocycles. The van der Waals surface area contributed by atoms with Crippen LogP contribution in [0.15, 0.2) is 47.4 Å². The van der Waals surface area contributed by atoms with E-state index in [0.717, 1.165) is 18.9 Å². The molecule has 0 amide bonds. The summed E-state index contributed by atoms with van der Waals surface area (Å²) in [6.45, 7) is 3.53. The highest BCUT2D eigenvalue weighted by molar-refractivity contribution is 7.91. The summed E-state index contributed by atoms with van der Waals surface area (Å²) in [5.74, 6) is -1.16. The lowest BCUT2D eigenvalue weighted by molar-refractivity contribution is 0.0186. The van der Waals surface area contributed by atoms with E-state index in [1.54, 1.807) is 13.8 Å². The van der Waals surface area contributed by atoms with E-state index in [9.17, 15) is 22.3 Å². The summed E-state index contributed by atoms with van der Waals surface area (Å²) in [7, 11) is -3.46. The third-order valence-electron chi connectivity index (χ3n) is 5.45. The van der Waals surface area contributed by atoms with Crippen molar-refractivity contribution in [1.82, 2.24) is 0 Å². The third-order valence-corrected chi connectivity index (χ3v) is 7.35. The van der Waals surface area contributed by atoms with Crippen LogP contribution in [0.3, 0.4) is 0 Å². The molecular weight excluding hydrogens is 370 g/mol. The van der Waals surface area contributed by atoms with Crippen molar-refractivity contribution in [3.05, 3.63) is 54.1 Å². The molecule has 3 nitrogen and oxygen atoms in total. The van der Waals surface area contributed by atoms with E-state index >= 15 is 0 Å². The third kappa shape index (κ3) is 4.55. The highest BCUT2D eigenvalue weighted by Gasteiger charge is 2.36. The van der Waals surface area contributed by atoms with Crippen molar-refractivity contribution in [3.63, 3.8) is 0 Å². The van der Waals surface area contributed by atoms with Gasteiger partial charge in [-0.3, -0.25) is 0 Å². The second-order valence-corrected chi connectivity index (χ2v) is 9.99. The summed E-state index contributed by atoms with van der Waals surface area (Å²) in [5.41, 5.74) is -0.0714. The van der Waals surface area contributed by atoms with Crippen LogP contribution in [0, 0.1) is 23.5 Å². The quantitative estimate of drug-likeness (QED) is 0.807. The predicted octanol–water partition coefficient (Wildman–Crippen LogP) is 4.59. The molecule has 27 heavy (non-hydrogen) atoms. The highest BCUT2D eigenvalue weighted by Crippen LogP contribution is 2.39. The van der Waals surface area contributed by atoms with Crippen LogP contribution in [0.4, 0.5) is 8.78 Å². The molecule has 0 radical (unpaired) electrons. The standard InChI is InChI=1S/C21H24F2O3S/c1-21(2,24)16-6-3-14(11-16)13-27(25,26)18-8-4-15(5-9-18)19-10-7-17(22)12-20(19)23/h4-5,7-10,12,14,16,24H,3,6,11,13H2,1-2H3/t14-,16+/m1/s1. The van der Waals surface area contributed by atoms with Crippen molar-refractivity contribution < 1.29 is 22.3 Å². The number of aliphatic hydroxyl groups is 1. The second kappa shape index (κ2) is 7.32. The molecule has 0 spiro atoms. The number of hydrogen-bond acceptors (Lipinski definition) is 3. The topological polar surface area (TPSA) is 54.4 Å². The Morgan fingerprint density at radius 2 is 1.74 bits per heavy atom. The molecule has 2 aromatic rings. The zero-order valence-corrected chi connectivity index (χ0v) is 16.3. The SMILES string of the molecule is CC(C)(O)[C@H]1CC[C@@H](CS(=O)(=O)c2ccc(-c3ccc(F)cc3F)cc2)C1. The molecule has 2 atom stereocenters. The van der Waals surface area contributed by atoms with Gasteiger partial charge in [-0.2, -0.15) is 0 Å². The molecule has 0 saturated heterocycles. The van der Waals surface area contributed by atoms with Gasteiger partial charge in [0.1, 0.15) is 11.6 Å². The average molecular weight is 394 g/mol. The van der Waals surface area contributed by atoms with E-state index in [-0.39, 0.29) is 28.0 Å². The zero-order valence-electron chi connectivity index (χ0n) is 15.5. The number of benzene rings is 2. The summed E-state index contributed by atoms with van der Waals surface area (Å²) in [6.07, 6.45) is 2.31. The van der Waals surface area contributed by atoms with E-state index < -0.39 is 27.1 Å². The number of halogens is 2. The maximum absolute atomic E-state index is 13.9. The molecule has 3 rings (SSSR count). The first kappa shape index (κ1) is 20.0. The van der Waals surface area contributed by atoms with Crippen LogP contribution in [-0.4, -0.2) is 24.9 Å². The first-order chi connectivity index (χ1) is 12.6. The monoisotopic (exact) mass is 394 g/mol. The van der Waals surface area contributed by atoms with Crippen molar-refractivity contribution in [1.29, 1.82) is 0 Å². The van der Waals surface area contributed by atoms with Crippen molar-refractivity contribution in [2.24, 2.45) is 11.8 Å². The van der Waals surface area contributed by atoms with E-state index in [1.165, 1.54) is 36.4 Å². The van der Waals surface area contributed by atoms with Crippen molar-refractivity contribution >= 4 is 9.84 Å². The highest BCUT2D eigenvalue weighted by atomic mass is 32.2. The Kier molecular flexibility index (Phi) is 5.41. The maximum atomic E-state index is 13.9. The minimum atomic E-state index is -3.46. The molecule has 0 aromatic heterocycles. The summed E-state index contributed by atoms with van der Waals surface area (Å²) in [4.78, 5) is 0.195. The minimum absolute atomic E-state index is 0.0284. The van der Waals surface area contributed by atoms with Gasteiger partial charge >= 0.3 is 0 Å².